The largest absolute Gasteiger partial charge is 0.490 e. The number of ether oxygens (including phenoxy) is 3. The second kappa shape index (κ2) is 8.23. The summed E-state index contributed by atoms with van der Waals surface area (Å²) in [5.41, 5.74) is 0.129. The first-order valence-electron chi connectivity index (χ1n) is 9.95. The van der Waals surface area contributed by atoms with Gasteiger partial charge in [-0.2, -0.15) is 0 Å². The van der Waals surface area contributed by atoms with Crippen molar-refractivity contribution in [2.24, 2.45) is 0 Å². The van der Waals surface area contributed by atoms with E-state index in [4.69, 9.17) is 14.2 Å². The molecule has 1 aliphatic carbocycles. The Kier molecular flexibility index (Phi) is 5.51. The lowest BCUT2D eigenvalue weighted by atomic mass is 9.79. The van der Waals surface area contributed by atoms with Crippen LogP contribution in [0.1, 0.15) is 48.0 Å². The molecule has 6 heteroatoms. The van der Waals surface area contributed by atoms with Crippen molar-refractivity contribution in [1.82, 2.24) is 0 Å². The zero-order chi connectivity index (χ0) is 20.3. The van der Waals surface area contributed by atoms with Crippen LogP contribution in [0.5, 0.6) is 11.5 Å². The van der Waals surface area contributed by atoms with Crippen molar-refractivity contribution in [3.8, 4) is 11.5 Å². The van der Waals surface area contributed by atoms with Gasteiger partial charge in [0.15, 0.2) is 23.9 Å². The molecule has 1 aliphatic heterocycles. The number of carbonyl (C=O) groups excluding carboxylic acids is 2. The van der Waals surface area contributed by atoms with Crippen molar-refractivity contribution < 1.29 is 28.2 Å². The predicted molar refractivity (Wildman–Crippen MR) is 104 cm³/mol. The van der Waals surface area contributed by atoms with E-state index in [1.54, 1.807) is 30.3 Å². The van der Waals surface area contributed by atoms with Gasteiger partial charge in [0.05, 0.1) is 18.6 Å². The van der Waals surface area contributed by atoms with Crippen LogP contribution in [0.4, 0.5) is 4.39 Å². The van der Waals surface area contributed by atoms with Crippen LogP contribution in [0.25, 0.3) is 0 Å². The van der Waals surface area contributed by atoms with Gasteiger partial charge < -0.3 is 14.2 Å². The zero-order valence-electron chi connectivity index (χ0n) is 16.1. The third-order valence-corrected chi connectivity index (χ3v) is 5.63. The molecule has 0 unspecified atom stereocenters. The molecule has 1 saturated carbocycles. The van der Waals surface area contributed by atoms with E-state index in [2.05, 4.69) is 0 Å². The molecule has 0 aromatic heterocycles. The molecule has 0 saturated heterocycles. The molecule has 2 aromatic carbocycles. The maximum atomic E-state index is 13.7. The normalized spacial score (nSPS) is 17.4. The number of rotatable bonds is 5. The van der Waals surface area contributed by atoms with E-state index in [1.165, 1.54) is 12.1 Å². The third-order valence-electron chi connectivity index (χ3n) is 5.63. The number of hydrogen-bond acceptors (Lipinski definition) is 5. The first kappa shape index (κ1) is 19.4. The Hall–Kier alpha value is -2.89. The minimum absolute atomic E-state index is 0.318. The summed E-state index contributed by atoms with van der Waals surface area (Å²) in [4.78, 5) is 25.5. The Morgan fingerprint density at radius 3 is 2.48 bits per heavy atom. The van der Waals surface area contributed by atoms with Crippen LogP contribution in [-0.2, 0) is 14.9 Å². The Bertz CT molecular complexity index is 917. The molecule has 0 amide bonds. The van der Waals surface area contributed by atoms with Gasteiger partial charge in [0.2, 0.25) is 0 Å². The van der Waals surface area contributed by atoms with Gasteiger partial charge in [0, 0.05) is 12.0 Å². The van der Waals surface area contributed by atoms with Crippen molar-refractivity contribution in [3.05, 3.63) is 59.4 Å². The second-order valence-corrected chi connectivity index (χ2v) is 7.51. The van der Waals surface area contributed by atoms with E-state index < -0.39 is 11.4 Å². The number of hydrogen-bond donors (Lipinski definition) is 0. The van der Waals surface area contributed by atoms with Crippen molar-refractivity contribution in [1.29, 1.82) is 0 Å². The summed E-state index contributed by atoms with van der Waals surface area (Å²) < 4.78 is 30.3. The van der Waals surface area contributed by atoms with Crippen molar-refractivity contribution in [2.75, 3.05) is 19.8 Å². The number of benzene rings is 2. The van der Waals surface area contributed by atoms with Crippen molar-refractivity contribution in [3.63, 3.8) is 0 Å². The summed E-state index contributed by atoms with van der Waals surface area (Å²) in [7, 11) is 0. The highest BCUT2D eigenvalue weighted by Gasteiger charge is 2.44. The van der Waals surface area contributed by atoms with Gasteiger partial charge in [0.1, 0.15) is 5.82 Å². The number of ketones is 1. The Labute approximate surface area is 168 Å². The number of halogens is 1. The quantitative estimate of drug-likeness (QED) is 0.557. The Morgan fingerprint density at radius 1 is 0.966 bits per heavy atom. The van der Waals surface area contributed by atoms with Gasteiger partial charge >= 0.3 is 5.97 Å². The SMILES string of the molecule is O=C(COC(=O)C1(c2cccc(F)c2)CCCC1)c1ccc2c(c1)OCCCO2. The molecule has 5 nitrogen and oxygen atoms in total. The number of fused-ring (bicyclic) bond motifs is 1. The summed E-state index contributed by atoms with van der Waals surface area (Å²) in [5, 5.41) is 0. The topological polar surface area (TPSA) is 61.8 Å². The van der Waals surface area contributed by atoms with Gasteiger partial charge in [-0.25, -0.2) is 4.39 Å². The van der Waals surface area contributed by atoms with Gasteiger partial charge in [-0.1, -0.05) is 25.0 Å². The summed E-state index contributed by atoms with van der Waals surface area (Å²) >= 11 is 0. The standard InChI is InChI=1S/C23H23FO5/c24-18-6-3-5-17(14-18)23(9-1-2-10-23)22(26)29-15-19(25)16-7-8-20-21(13-16)28-12-4-11-27-20/h3,5-8,13-14H,1-2,4,9-12,15H2. The van der Waals surface area contributed by atoms with Crippen LogP contribution in [-0.4, -0.2) is 31.6 Å². The van der Waals surface area contributed by atoms with E-state index in [0.29, 0.717) is 48.7 Å². The van der Waals surface area contributed by atoms with Gasteiger partial charge in [-0.3, -0.25) is 9.59 Å². The van der Waals surface area contributed by atoms with Gasteiger partial charge in [0.25, 0.3) is 0 Å². The lowest BCUT2D eigenvalue weighted by molar-refractivity contribution is -0.149. The summed E-state index contributed by atoms with van der Waals surface area (Å²) in [5.74, 6) is -0.0479. The molecule has 1 heterocycles. The number of carbonyl (C=O) groups is 2. The van der Waals surface area contributed by atoms with Crippen LogP contribution in [0.3, 0.4) is 0 Å². The van der Waals surface area contributed by atoms with Crippen LogP contribution < -0.4 is 9.47 Å². The zero-order valence-corrected chi connectivity index (χ0v) is 16.1. The molecule has 0 spiro atoms. The van der Waals surface area contributed by atoms with Crippen LogP contribution >= 0.6 is 0 Å². The molecular weight excluding hydrogens is 375 g/mol. The van der Waals surface area contributed by atoms with E-state index in [1.807, 2.05) is 0 Å². The Balaban J connectivity index is 1.47. The average Bonchev–Trinajstić information content (AvgIpc) is 3.12. The highest BCUT2D eigenvalue weighted by atomic mass is 19.1. The lowest BCUT2D eigenvalue weighted by Gasteiger charge is -2.27. The van der Waals surface area contributed by atoms with Gasteiger partial charge in [-0.05, 0) is 48.7 Å². The van der Waals surface area contributed by atoms with E-state index in [9.17, 15) is 14.0 Å². The maximum Gasteiger partial charge on any atom is 0.317 e. The molecule has 2 aromatic rings. The molecule has 0 atom stereocenters. The lowest BCUT2D eigenvalue weighted by Crippen LogP contribution is -2.36. The molecule has 29 heavy (non-hydrogen) atoms. The summed E-state index contributed by atoms with van der Waals surface area (Å²) in [6.07, 6.45) is 3.68. The van der Waals surface area contributed by atoms with E-state index in [-0.39, 0.29) is 18.2 Å². The average molecular weight is 398 g/mol. The predicted octanol–water partition coefficient (Wildman–Crippen LogP) is 4.22. The number of esters is 1. The van der Waals surface area contributed by atoms with E-state index in [0.717, 1.165) is 19.3 Å². The van der Waals surface area contributed by atoms with Crippen molar-refractivity contribution >= 4 is 11.8 Å². The fourth-order valence-electron chi connectivity index (χ4n) is 4.06. The fraction of sp³-hybridized carbons (Fsp3) is 0.391. The molecule has 0 bridgehead atoms. The summed E-state index contributed by atoms with van der Waals surface area (Å²) in [6, 6.07) is 11.0. The van der Waals surface area contributed by atoms with Crippen molar-refractivity contribution in [2.45, 2.75) is 37.5 Å². The highest BCUT2D eigenvalue weighted by molar-refractivity contribution is 5.99. The van der Waals surface area contributed by atoms with Crippen LogP contribution in [0, 0.1) is 5.82 Å². The Morgan fingerprint density at radius 2 is 1.72 bits per heavy atom. The van der Waals surface area contributed by atoms with E-state index >= 15 is 0 Å². The molecule has 1 fully saturated rings. The minimum atomic E-state index is -0.882. The maximum absolute atomic E-state index is 13.7. The first-order chi connectivity index (χ1) is 14.1. The highest BCUT2D eigenvalue weighted by Crippen LogP contribution is 2.42. The molecule has 0 radical (unpaired) electrons. The monoisotopic (exact) mass is 398 g/mol. The molecule has 2 aliphatic rings. The first-order valence-corrected chi connectivity index (χ1v) is 9.95. The number of Topliss-reactive ketones (excluding diaryl/α,β-unsaturated/α-hetero) is 1. The smallest absolute Gasteiger partial charge is 0.317 e. The fourth-order valence-corrected chi connectivity index (χ4v) is 4.06. The molecule has 152 valence electrons. The second-order valence-electron chi connectivity index (χ2n) is 7.51. The third kappa shape index (κ3) is 3.97. The molecular formula is C23H23FO5. The van der Waals surface area contributed by atoms with Crippen LogP contribution in [0.15, 0.2) is 42.5 Å². The molecule has 0 N–H and O–H groups in total. The van der Waals surface area contributed by atoms with Gasteiger partial charge in [-0.15, -0.1) is 0 Å². The van der Waals surface area contributed by atoms with Crippen LogP contribution in [0.2, 0.25) is 0 Å². The summed E-state index contributed by atoms with van der Waals surface area (Å²) in [6.45, 7) is 0.728. The minimum Gasteiger partial charge on any atom is -0.490 e. The molecule has 4 rings (SSSR count).